The molecule has 60 valence electrons. The maximum Gasteiger partial charge on any atom is 0.161 e. The molecule has 1 aliphatic heterocycles. The fraction of sp³-hybridized carbons (Fsp3) is 1.00. The van der Waals surface area contributed by atoms with Crippen LogP contribution in [-0.4, -0.2) is 31.3 Å². The van der Waals surface area contributed by atoms with Gasteiger partial charge in [0.1, 0.15) is 0 Å². The summed E-state index contributed by atoms with van der Waals surface area (Å²) in [4.78, 5) is 4.46. The Labute approximate surface area is 64.4 Å². The molecule has 10 heavy (non-hydrogen) atoms. The Balaban J connectivity index is 1.93. The summed E-state index contributed by atoms with van der Waals surface area (Å²) in [5, 5.41) is 13.5. The van der Waals surface area contributed by atoms with E-state index in [9.17, 15) is 5.21 Å². The molecule has 1 heterocycles. The maximum absolute atomic E-state index is 10.6. The van der Waals surface area contributed by atoms with E-state index in [0.29, 0.717) is 12.7 Å². The molecule has 1 fully saturated rings. The lowest BCUT2D eigenvalue weighted by atomic mass is 10.4. The number of nitrogens with one attached hydrogen (secondary N) is 2. The molecule has 0 aromatic heterocycles. The molecule has 5 heteroatoms. The van der Waals surface area contributed by atoms with E-state index < -0.39 is 0 Å². The standard InChI is InChI=1S/C5H12N2O2S/c1-9-7(8)4-6-5-2-10-3-5/h5-7H,2-4H2,1H3. The van der Waals surface area contributed by atoms with Crippen LogP contribution in [0.3, 0.4) is 0 Å². The lowest BCUT2D eigenvalue weighted by Crippen LogP contribution is -3.07. The Bertz CT molecular complexity index is 94.9. The fourth-order valence-electron chi connectivity index (χ4n) is 0.653. The van der Waals surface area contributed by atoms with Crippen molar-refractivity contribution < 1.29 is 10.1 Å². The van der Waals surface area contributed by atoms with E-state index in [-0.39, 0.29) is 5.23 Å². The molecule has 0 bridgehead atoms. The monoisotopic (exact) mass is 164 g/mol. The molecule has 1 unspecified atom stereocenters. The molecule has 4 nitrogen and oxygen atoms in total. The Morgan fingerprint density at radius 3 is 2.90 bits per heavy atom. The van der Waals surface area contributed by atoms with Crippen LogP contribution in [0, 0.1) is 5.21 Å². The van der Waals surface area contributed by atoms with Crippen molar-refractivity contribution in [2.45, 2.75) is 6.04 Å². The van der Waals surface area contributed by atoms with Gasteiger partial charge in [-0.1, -0.05) is 0 Å². The van der Waals surface area contributed by atoms with Gasteiger partial charge in [-0.2, -0.15) is 11.8 Å². The molecule has 1 aliphatic rings. The number of hydrogen-bond acceptors (Lipinski definition) is 4. The molecule has 0 saturated carbocycles. The number of hydroxylamine groups is 2. The molecule has 0 radical (unpaired) electrons. The van der Waals surface area contributed by atoms with Crippen LogP contribution in [0.5, 0.6) is 0 Å². The summed E-state index contributed by atoms with van der Waals surface area (Å²) in [6.45, 7) is 0.349. The third-order valence-corrected chi connectivity index (χ3v) is 2.68. The van der Waals surface area contributed by atoms with E-state index in [1.807, 2.05) is 11.8 Å². The first-order valence-corrected chi connectivity index (χ1v) is 4.36. The molecule has 1 rings (SSSR count). The van der Waals surface area contributed by atoms with Crippen molar-refractivity contribution in [2.75, 3.05) is 25.3 Å². The highest BCUT2D eigenvalue weighted by molar-refractivity contribution is 8.00. The van der Waals surface area contributed by atoms with E-state index >= 15 is 0 Å². The van der Waals surface area contributed by atoms with Gasteiger partial charge in [0, 0.05) is 17.5 Å². The third kappa shape index (κ3) is 2.43. The van der Waals surface area contributed by atoms with Gasteiger partial charge >= 0.3 is 0 Å². The summed E-state index contributed by atoms with van der Waals surface area (Å²) in [6, 6.07) is 0.532. The zero-order chi connectivity index (χ0) is 7.40. The Kier molecular flexibility index (Phi) is 3.44. The first-order valence-electron chi connectivity index (χ1n) is 3.21. The first kappa shape index (κ1) is 8.29. The molecular weight excluding hydrogens is 152 g/mol. The van der Waals surface area contributed by atoms with Gasteiger partial charge in [0.15, 0.2) is 6.67 Å². The Morgan fingerprint density at radius 1 is 1.80 bits per heavy atom. The number of rotatable bonds is 4. The van der Waals surface area contributed by atoms with Gasteiger partial charge < -0.3 is 5.21 Å². The van der Waals surface area contributed by atoms with Crippen LogP contribution in [-0.2, 0) is 4.84 Å². The van der Waals surface area contributed by atoms with Gasteiger partial charge in [-0.05, 0) is 0 Å². The molecular formula is C5H12N2O2S. The molecule has 0 aromatic rings. The van der Waals surface area contributed by atoms with Gasteiger partial charge in [-0.25, -0.2) is 10.1 Å². The summed E-state index contributed by atoms with van der Waals surface area (Å²) >= 11 is 1.89. The van der Waals surface area contributed by atoms with Crippen LogP contribution in [0.25, 0.3) is 0 Å². The number of quaternary nitrogens is 1. The second kappa shape index (κ2) is 4.15. The van der Waals surface area contributed by atoms with Crippen molar-refractivity contribution in [3.05, 3.63) is 5.21 Å². The predicted octanol–water partition coefficient (Wildman–Crippen LogP) is -1.41. The molecule has 0 aliphatic carbocycles. The zero-order valence-corrected chi connectivity index (χ0v) is 6.74. The van der Waals surface area contributed by atoms with Crippen LogP contribution in [0.2, 0.25) is 0 Å². The van der Waals surface area contributed by atoms with E-state index in [2.05, 4.69) is 10.2 Å². The molecule has 1 saturated heterocycles. The minimum Gasteiger partial charge on any atom is -0.599 e. The highest BCUT2D eigenvalue weighted by Gasteiger charge is 2.17. The van der Waals surface area contributed by atoms with Gasteiger partial charge in [0.2, 0.25) is 0 Å². The van der Waals surface area contributed by atoms with Gasteiger partial charge in [0.25, 0.3) is 0 Å². The average molecular weight is 164 g/mol. The van der Waals surface area contributed by atoms with E-state index in [4.69, 9.17) is 0 Å². The molecule has 0 amide bonds. The SMILES string of the molecule is CO[NH+]([O-])CNC1CSC1. The minimum absolute atomic E-state index is 0.183. The molecule has 2 N–H and O–H groups in total. The Morgan fingerprint density at radius 2 is 2.50 bits per heavy atom. The second-order valence-corrected chi connectivity index (χ2v) is 3.27. The average Bonchev–Trinajstić information content (AvgIpc) is 1.84. The van der Waals surface area contributed by atoms with Crippen molar-refractivity contribution in [3.8, 4) is 0 Å². The smallest absolute Gasteiger partial charge is 0.161 e. The molecule has 0 aromatic carbocycles. The highest BCUT2D eigenvalue weighted by Crippen LogP contribution is 2.16. The van der Waals surface area contributed by atoms with Crippen LogP contribution < -0.4 is 10.5 Å². The van der Waals surface area contributed by atoms with Crippen molar-refractivity contribution in [3.63, 3.8) is 0 Å². The van der Waals surface area contributed by atoms with Crippen molar-refractivity contribution in [1.29, 1.82) is 0 Å². The summed E-state index contributed by atoms with van der Waals surface area (Å²) in [7, 11) is 1.40. The third-order valence-electron chi connectivity index (χ3n) is 1.40. The van der Waals surface area contributed by atoms with Crippen LogP contribution >= 0.6 is 11.8 Å². The number of thioether (sulfide) groups is 1. The first-order chi connectivity index (χ1) is 4.83. The van der Waals surface area contributed by atoms with Crippen LogP contribution in [0.15, 0.2) is 0 Å². The lowest BCUT2D eigenvalue weighted by molar-refractivity contribution is -1.05. The van der Waals surface area contributed by atoms with E-state index in [1.54, 1.807) is 0 Å². The van der Waals surface area contributed by atoms with Crippen molar-refractivity contribution in [2.24, 2.45) is 0 Å². The second-order valence-electron chi connectivity index (χ2n) is 2.19. The van der Waals surface area contributed by atoms with Crippen molar-refractivity contribution in [1.82, 2.24) is 5.32 Å². The summed E-state index contributed by atoms with van der Waals surface area (Å²) in [5.74, 6) is 2.24. The van der Waals surface area contributed by atoms with E-state index in [1.165, 1.54) is 7.11 Å². The molecule has 1 atom stereocenters. The van der Waals surface area contributed by atoms with Gasteiger partial charge in [-0.3, -0.25) is 5.32 Å². The summed E-state index contributed by atoms with van der Waals surface area (Å²) < 4.78 is 0. The van der Waals surface area contributed by atoms with Gasteiger partial charge in [-0.15, -0.1) is 0 Å². The maximum atomic E-state index is 10.6. The van der Waals surface area contributed by atoms with Crippen LogP contribution in [0.1, 0.15) is 0 Å². The number of hydrogen-bond donors (Lipinski definition) is 2. The lowest BCUT2D eigenvalue weighted by Gasteiger charge is -2.27. The normalized spacial score (nSPS) is 22.2. The fourth-order valence-corrected chi connectivity index (χ4v) is 1.36. The highest BCUT2D eigenvalue weighted by atomic mass is 32.2. The largest absolute Gasteiger partial charge is 0.599 e. The van der Waals surface area contributed by atoms with Crippen molar-refractivity contribution >= 4 is 11.8 Å². The Hall–Kier alpha value is 0.190. The minimum atomic E-state index is -0.183. The topological polar surface area (TPSA) is 48.8 Å². The van der Waals surface area contributed by atoms with E-state index in [0.717, 1.165) is 11.5 Å². The zero-order valence-electron chi connectivity index (χ0n) is 5.92. The summed E-state index contributed by atoms with van der Waals surface area (Å²) in [5.41, 5.74) is 0. The van der Waals surface area contributed by atoms with Crippen LogP contribution in [0.4, 0.5) is 0 Å². The van der Waals surface area contributed by atoms with Gasteiger partial charge in [0.05, 0.1) is 7.11 Å². The predicted molar refractivity (Wildman–Crippen MR) is 40.5 cm³/mol. The summed E-state index contributed by atoms with van der Waals surface area (Å²) in [6.07, 6.45) is 0. The molecule has 0 spiro atoms. The quantitative estimate of drug-likeness (QED) is 0.396.